The third kappa shape index (κ3) is 3.22. The Balaban J connectivity index is 1.76. The number of rotatable bonds is 4. The monoisotopic (exact) mass is 441 g/mol. The molecule has 5 heteroatoms. The molecule has 0 bridgehead atoms. The quantitative estimate of drug-likeness (QED) is 0.211. The first-order valence-corrected chi connectivity index (χ1v) is 11.0. The summed E-state index contributed by atoms with van der Waals surface area (Å²) < 4.78 is 1.90. The highest BCUT2D eigenvalue weighted by Crippen LogP contribution is 2.41. The normalized spacial score (nSPS) is 11.2. The van der Waals surface area contributed by atoms with E-state index in [-0.39, 0.29) is 10.6 Å². The molecule has 0 spiro atoms. The first-order chi connectivity index (χ1) is 16.7. The summed E-state index contributed by atoms with van der Waals surface area (Å²) in [5, 5.41) is 14.1. The fourth-order valence-corrected chi connectivity index (χ4v) is 4.60. The van der Waals surface area contributed by atoms with Crippen molar-refractivity contribution in [2.24, 2.45) is 0 Å². The van der Waals surface area contributed by atoms with Gasteiger partial charge in [-0.2, -0.15) is 0 Å². The molecule has 0 saturated heterocycles. The van der Waals surface area contributed by atoms with Gasteiger partial charge in [0.1, 0.15) is 11.3 Å². The van der Waals surface area contributed by atoms with Crippen LogP contribution in [0.15, 0.2) is 115 Å². The second kappa shape index (κ2) is 7.98. The van der Waals surface area contributed by atoms with Crippen LogP contribution in [0.2, 0.25) is 0 Å². The van der Waals surface area contributed by atoms with E-state index in [1.165, 1.54) is 0 Å². The molecule has 162 valence electrons. The van der Waals surface area contributed by atoms with Crippen LogP contribution in [0.3, 0.4) is 0 Å². The van der Waals surface area contributed by atoms with Crippen molar-refractivity contribution in [3.63, 3.8) is 0 Å². The Morgan fingerprint density at radius 3 is 1.94 bits per heavy atom. The summed E-state index contributed by atoms with van der Waals surface area (Å²) in [6, 6.07) is 35.4. The van der Waals surface area contributed by atoms with Crippen LogP contribution < -0.4 is 0 Å². The lowest BCUT2D eigenvalue weighted by atomic mass is 9.99. The van der Waals surface area contributed by atoms with Gasteiger partial charge in [0, 0.05) is 23.0 Å². The van der Waals surface area contributed by atoms with Gasteiger partial charge in [0.15, 0.2) is 0 Å². The molecule has 4 aromatic carbocycles. The molecule has 0 saturated carbocycles. The van der Waals surface area contributed by atoms with Crippen molar-refractivity contribution in [2.45, 2.75) is 0 Å². The number of benzene rings is 4. The number of pyridine rings is 1. The number of aromatic nitrogens is 2. The van der Waals surface area contributed by atoms with Crippen LogP contribution in [0.5, 0.6) is 0 Å². The van der Waals surface area contributed by atoms with Gasteiger partial charge in [0.25, 0.3) is 5.69 Å². The lowest BCUT2D eigenvalue weighted by Crippen LogP contribution is -2.00. The molecule has 0 fully saturated rings. The van der Waals surface area contributed by atoms with Crippen LogP contribution >= 0.6 is 0 Å². The average molecular weight is 441 g/mol. The third-order valence-corrected chi connectivity index (χ3v) is 6.13. The molecule has 2 aromatic heterocycles. The smallest absolute Gasteiger partial charge is 0.288 e. The van der Waals surface area contributed by atoms with E-state index in [2.05, 4.69) is 29.2 Å². The third-order valence-electron chi connectivity index (χ3n) is 6.13. The van der Waals surface area contributed by atoms with E-state index >= 15 is 0 Å². The highest BCUT2D eigenvalue weighted by Gasteiger charge is 2.24. The van der Waals surface area contributed by atoms with Crippen LogP contribution in [-0.4, -0.2) is 14.5 Å². The number of nitro benzene ring substituents is 1. The Morgan fingerprint density at radius 1 is 0.647 bits per heavy atom. The number of non-ortho nitro benzene ring substituents is 1. The zero-order valence-electron chi connectivity index (χ0n) is 18.1. The van der Waals surface area contributed by atoms with Gasteiger partial charge in [-0.1, -0.05) is 72.8 Å². The number of hydrogen-bond acceptors (Lipinski definition) is 3. The van der Waals surface area contributed by atoms with Gasteiger partial charge in [-0.25, -0.2) is 4.98 Å². The Bertz CT molecular complexity index is 1660. The maximum Gasteiger partial charge on any atom is 0.294 e. The summed E-state index contributed by atoms with van der Waals surface area (Å²) in [6.07, 6.45) is 1.70. The summed E-state index contributed by atoms with van der Waals surface area (Å²) in [4.78, 5) is 16.5. The van der Waals surface area contributed by atoms with Gasteiger partial charge in [0.05, 0.1) is 10.4 Å². The molecule has 6 rings (SSSR count). The van der Waals surface area contributed by atoms with Crippen molar-refractivity contribution in [3.05, 3.63) is 126 Å². The lowest BCUT2D eigenvalue weighted by molar-refractivity contribution is -0.383. The van der Waals surface area contributed by atoms with Crippen LogP contribution in [0.25, 0.3) is 49.9 Å². The summed E-state index contributed by atoms with van der Waals surface area (Å²) in [6.45, 7) is 0. The van der Waals surface area contributed by atoms with Crippen molar-refractivity contribution in [2.75, 3.05) is 0 Å². The molecule has 0 amide bonds. The van der Waals surface area contributed by atoms with Crippen LogP contribution in [0, 0.1) is 10.1 Å². The molecule has 0 aliphatic rings. The molecule has 0 atom stereocenters. The van der Waals surface area contributed by atoms with Crippen molar-refractivity contribution >= 4 is 27.5 Å². The molecular weight excluding hydrogens is 422 g/mol. The number of hydrogen-bond donors (Lipinski definition) is 0. The zero-order valence-corrected chi connectivity index (χ0v) is 18.1. The molecule has 5 nitrogen and oxygen atoms in total. The minimum atomic E-state index is -0.300. The van der Waals surface area contributed by atoms with E-state index in [9.17, 15) is 10.1 Å². The Labute approximate surface area is 195 Å². The molecule has 0 N–H and O–H groups in total. The summed E-state index contributed by atoms with van der Waals surface area (Å²) in [5.41, 5.74) is 5.37. The average Bonchev–Trinajstić information content (AvgIpc) is 3.23. The van der Waals surface area contributed by atoms with Gasteiger partial charge < -0.3 is 0 Å². The number of nitro groups is 1. The predicted octanol–water partition coefficient (Wildman–Crippen LogP) is 7.42. The first-order valence-electron chi connectivity index (χ1n) is 11.0. The minimum absolute atomic E-state index is 0.0551. The molecule has 34 heavy (non-hydrogen) atoms. The Hall–Kier alpha value is -4.77. The molecule has 0 unspecified atom stereocenters. The predicted molar refractivity (Wildman–Crippen MR) is 136 cm³/mol. The van der Waals surface area contributed by atoms with Crippen LogP contribution in [0.4, 0.5) is 5.69 Å². The van der Waals surface area contributed by atoms with Crippen LogP contribution in [-0.2, 0) is 0 Å². The van der Waals surface area contributed by atoms with Crippen LogP contribution in [0.1, 0.15) is 0 Å². The highest BCUT2D eigenvalue weighted by molar-refractivity contribution is 6.14. The zero-order chi connectivity index (χ0) is 23.1. The molecule has 0 radical (unpaired) electrons. The maximum atomic E-state index is 12.3. The van der Waals surface area contributed by atoms with Crippen molar-refractivity contribution < 1.29 is 4.92 Å². The van der Waals surface area contributed by atoms with Gasteiger partial charge in [-0.15, -0.1) is 0 Å². The number of nitrogens with zero attached hydrogens (tertiary/aromatic N) is 3. The maximum absolute atomic E-state index is 12.3. The van der Waals surface area contributed by atoms with E-state index in [1.54, 1.807) is 12.3 Å². The lowest BCUT2D eigenvalue weighted by Gasteiger charge is -2.08. The first kappa shape index (κ1) is 19.9. The SMILES string of the molecule is O=[N+]([O-])c1cc(-c2ccccc2)cc2c3cc(-c4ccccc4)ccc3n(-c3ccccn3)c12. The molecule has 6 aromatic rings. The van der Waals surface area contributed by atoms with Gasteiger partial charge in [-0.05, 0) is 52.6 Å². The van der Waals surface area contributed by atoms with E-state index in [1.807, 2.05) is 83.4 Å². The van der Waals surface area contributed by atoms with Gasteiger partial charge in [0.2, 0.25) is 0 Å². The summed E-state index contributed by atoms with van der Waals surface area (Å²) in [7, 11) is 0. The number of fused-ring (bicyclic) bond motifs is 3. The molecule has 0 aliphatic heterocycles. The fraction of sp³-hybridized carbons (Fsp3) is 0. The highest BCUT2D eigenvalue weighted by atomic mass is 16.6. The second-order valence-corrected chi connectivity index (χ2v) is 8.14. The van der Waals surface area contributed by atoms with Crippen molar-refractivity contribution in [3.8, 4) is 28.1 Å². The fourth-order valence-electron chi connectivity index (χ4n) is 4.60. The summed E-state index contributed by atoms with van der Waals surface area (Å²) >= 11 is 0. The van der Waals surface area contributed by atoms with E-state index in [4.69, 9.17) is 0 Å². The Kier molecular flexibility index (Phi) is 4.66. The topological polar surface area (TPSA) is 61.0 Å². The standard InChI is InChI=1S/C29H19N3O2/c33-32(34)27-19-23(21-11-5-2-6-12-21)18-25-24-17-22(20-9-3-1-4-10-20)14-15-26(24)31(29(25)27)28-13-7-8-16-30-28/h1-19H. The molecular formula is C29H19N3O2. The van der Waals surface area contributed by atoms with Gasteiger partial charge in [-0.3, -0.25) is 14.7 Å². The molecule has 0 aliphatic carbocycles. The second-order valence-electron chi connectivity index (χ2n) is 8.14. The molecule has 2 heterocycles. The Morgan fingerprint density at radius 2 is 1.29 bits per heavy atom. The van der Waals surface area contributed by atoms with Crippen molar-refractivity contribution in [1.82, 2.24) is 9.55 Å². The van der Waals surface area contributed by atoms with E-state index in [0.29, 0.717) is 11.3 Å². The van der Waals surface area contributed by atoms with E-state index in [0.717, 1.165) is 38.5 Å². The largest absolute Gasteiger partial charge is 0.294 e. The van der Waals surface area contributed by atoms with E-state index < -0.39 is 0 Å². The minimum Gasteiger partial charge on any atom is -0.288 e. The summed E-state index contributed by atoms with van der Waals surface area (Å²) in [5.74, 6) is 0.644. The van der Waals surface area contributed by atoms with Crippen molar-refractivity contribution in [1.29, 1.82) is 0 Å². The van der Waals surface area contributed by atoms with Gasteiger partial charge >= 0.3 is 0 Å².